The van der Waals surface area contributed by atoms with Crippen LogP contribution in [0.5, 0.6) is 11.5 Å². The maximum absolute atomic E-state index is 12.3. The van der Waals surface area contributed by atoms with Gasteiger partial charge in [-0.25, -0.2) is 4.98 Å². The molecule has 5 nitrogen and oxygen atoms in total. The van der Waals surface area contributed by atoms with Crippen LogP contribution in [0.2, 0.25) is 0 Å². The van der Waals surface area contributed by atoms with Gasteiger partial charge in [-0.3, -0.25) is 4.79 Å². The summed E-state index contributed by atoms with van der Waals surface area (Å²) in [5.74, 6) is 1.66. The highest BCUT2D eigenvalue weighted by Crippen LogP contribution is 2.32. The van der Waals surface area contributed by atoms with Crippen LogP contribution in [0, 0.1) is 20.8 Å². The smallest absolute Gasteiger partial charge is 0.226 e. The molecule has 0 atom stereocenters. The fourth-order valence-electron chi connectivity index (χ4n) is 3.06. The Hall–Kier alpha value is -2.86. The van der Waals surface area contributed by atoms with E-state index in [2.05, 4.69) is 16.4 Å². The molecule has 6 heteroatoms. The molecule has 0 unspecified atom stereocenters. The number of nitrogens with zero attached hydrogens (tertiary/aromatic N) is 1. The average Bonchev–Trinajstić information content (AvgIpc) is 3.06. The van der Waals surface area contributed by atoms with E-state index in [-0.39, 0.29) is 5.91 Å². The van der Waals surface area contributed by atoms with Gasteiger partial charge in [0.05, 0.1) is 19.4 Å². The molecular formula is C23H26N2O3S. The Bertz CT molecular complexity index is 998. The molecule has 1 amide bonds. The van der Waals surface area contributed by atoms with Gasteiger partial charge >= 0.3 is 0 Å². The molecule has 3 rings (SSSR count). The number of nitrogens with one attached hydrogen (secondary N) is 1. The van der Waals surface area contributed by atoms with Crippen molar-refractivity contribution >= 4 is 22.4 Å². The van der Waals surface area contributed by atoms with Crippen molar-refractivity contribution in [3.63, 3.8) is 0 Å². The summed E-state index contributed by atoms with van der Waals surface area (Å²) in [5, 5.41) is 3.53. The molecule has 0 radical (unpaired) electrons. The highest BCUT2D eigenvalue weighted by molar-refractivity contribution is 7.16. The molecule has 0 aliphatic rings. The monoisotopic (exact) mass is 410 g/mol. The number of methoxy groups -OCH3 is 1. The number of hydrogen-bond donors (Lipinski definition) is 1. The summed E-state index contributed by atoms with van der Waals surface area (Å²) in [5.41, 5.74) is 4.05. The van der Waals surface area contributed by atoms with Crippen LogP contribution in [0.4, 0.5) is 5.13 Å². The van der Waals surface area contributed by atoms with Crippen molar-refractivity contribution in [1.82, 2.24) is 4.98 Å². The van der Waals surface area contributed by atoms with Gasteiger partial charge in [-0.1, -0.05) is 18.2 Å². The Kier molecular flexibility index (Phi) is 6.88. The number of aryl methyl sites for hydroxylation is 3. The number of amides is 1. The number of anilines is 1. The molecule has 1 heterocycles. The third-order valence-corrected chi connectivity index (χ3v) is 5.50. The lowest BCUT2D eigenvalue weighted by molar-refractivity contribution is -0.116. The highest BCUT2D eigenvalue weighted by Gasteiger charge is 2.13. The van der Waals surface area contributed by atoms with E-state index in [9.17, 15) is 4.79 Å². The highest BCUT2D eigenvalue weighted by atomic mass is 32.1. The van der Waals surface area contributed by atoms with E-state index in [0.29, 0.717) is 24.6 Å². The Morgan fingerprint density at radius 3 is 2.59 bits per heavy atom. The van der Waals surface area contributed by atoms with Crippen LogP contribution in [0.1, 0.15) is 28.8 Å². The molecule has 152 valence electrons. The number of aromatic nitrogens is 1. The molecule has 0 bridgehead atoms. The van der Waals surface area contributed by atoms with E-state index in [1.165, 1.54) is 11.3 Å². The molecule has 1 aromatic heterocycles. The predicted octanol–water partition coefficient (Wildman–Crippen LogP) is 5.54. The summed E-state index contributed by atoms with van der Waals surface area (Å²) in [4.78, 5) is 18.0. The van der Waals surface area contributed by atoms with Gasteiger partial charge in [0.1, 0.15) is 11.5 Å². The lowest BCUT2D eigenvalue weighted by atomic mass is 10.1. The Morgan fingerprint density at radius 1 is 1.07 bits per heavy atom. The molecule has 0 saturated heterocycles. The summed E-state index contributed by atoms with van der Waals surface area (Å²) >= 11 is 1.49. The maximum Gasteiger partial charge on any atom is 0.226 e. The lowest BCUT2D eigenvalue weighted by Crippen LogP contribution is -2.12. The lowest BCUT2D eigenvalue weighted by Gasteiger charge is -2.08. The molecule has 0 spiro atoms. The van der Waals surface area contributed by atoms with E-state index < -0.39 is 0 Å². The van der Waals surface area contributed by atoms with Crippen LogP contribution in [-0.4, -0.2) is 24.6 Å². The SMILES string of the molecule is COc1ccc(-c2nc(NC(=O)CCCOc3ccccc3C)sc2C)cc1C. The van der Waals surface area contributed by atoms with Gasteiger partial charge < -0.3 is 14.8 Å². The molecule has 3 aromatic rings. The van der Waals surface area contributed by atoms with Crippen LogP contribution in [0.25, 0.3) is 11.3 Å². The third-order valence-electron chi connectivity index (χ3n) is 4.61. The second-order valence-corrected chi connectivity index (χ2v) is 8.08. The number of ether oxygens (including phenoxy) is 2. The van der Waals surface area contributed by atoms with E-state index in [0.717, 1.165) is 38.8 Å². The van der Waals surface area contributed by atoms with Gasteiger partial charge in [-0.2, -0.15) is 0 Å². The van der Waals surface area contributed by atoms with Gasteiger partial charge in [0.2, 0.25) is 5.91 Å². The molecule has 0 aliphatic carbocycles. The molecule has 0 fully saturated rings. The first-order chi connectivity index (χ1) is 14.0. The summed E-state index contributed by atoms with van der Waals surface area (Å²) < 4.78 is 11.1. The van der Waals surface area contributed by atoms with E-state index in [1.54, 1.807) is 7.11 Å². The first kappa shape index (κ1) is 20.9. The summed E-state index contributed by atoms with van der Waals surface area (Å²) in [6, 6.07) is 13.9. The number of benzene rings is 2. The fraction of sp³-hybridized carbons (Fsp3) is 0.304. The van der Waals surface area contributed by atoms with Crippen LogP contribution >= 0.6 is 11.3 Å². The van der Waals surface area contributed by atoms with Crippen molar-refractivity contribution in [3.05, 3.63) is 58.5 Å². The normalized spacial score (nSPS) is 10.6. The summed E-state index contributed by atoms with van der Waals surface area (Å²) in [6.45, 7) is 6.53. The molecule has 29 heavy (non-hydrogen) atoms. The van der Waals surface area contributed by atoms with Gasteiger partial charge in [-0.15, -0.1) is 11.3 Å². The van der Waals surface area contributed by atoms with E-state index >= 15 is 0 Å². The minimum Gasteiger partial charge on any atom is -0.496 e. The summed E-state index contributed by atoms with van der Waals surface area (Å²) in [7, 11) is 1.66. The Balaban J connectivity index is 1.54. The standard InChI is InChI=1S/C23H26N2O3S/c1-15-8-5-6-9-20(15)28-13-7-10-21(26)24-23-25-22(17(3)29-23)18-11-12-19(27-4)16(2)14-18/h5-6,8-9,11-12,14H,7,10,13H2,1-4H3,(H,24,25,26). The molecule has 0 aliphatic heterocycles. The van der Waals surface area contributed by atoms with E-state index in [1.807, 2.05) is 57.2 Å². The molecule has 0 saturated carbocycles. The minimum absolute atomic E-state index is 0.0513. The number of rotatable bonds is 8. The van der Waals surface area contributed by atoms with Gasteiger partial charge in [0.25, 0.3) is 0 Å². The second kappa shape index (κ2) is 9.56. The molecular weight excluding hydrogens is 384 g/mol. The molecule has 1 N–H and O–H groups in total. The van der Waals surface area contributed by atoms with Crippen molar-refractivity contribution in [2.75, 3.05) is 19.0 Å². The fourth-order valence-corrected chi connectivity index (χ4v) is 3.91. The predicted molar refractivity (Wildman–Crippen MR) is 118 cm³/mol. The number of hydrogen-bond acceptors (Lipinski definition) is 5. The quantitative estimate of drug-likeness (QED) is 0.495. The zero-order chi connectivity index (χ0) is 20.8. The van der Waals surface area contributed by atoms with Crippen molar-refractivity contribution in [1.29, 1.82) is 0 Å². The third kappa shape index (κ3) is 5.35. The van der Waals surface area contributed by atoms with Gasteiger partial charge in [-0.05, 0) is 62.6 Å². The minimum atomic E-state index is -0.0513. The average molecular weight is 411 g/mol. The van der Waals surface area contributed by atoms with Gasteiger partial charge in [0.15, 0.2) is 5.13 Å². The summed E-state index contributed by atoms with van der Waals surface area (Å²) in [6.07, 6.45) is 1.04. The number of para-hydroxylation sites is 1. The zero-order valence-corrected chi connectivity index (χ0v) is 18.1. The molecule has 2 aromatic carbocycles. The van der Waals surface area contributed by atoms with Crippen LogP contribution in [-0.2, 0) is 4.79 Å². The van der Waals surface area contributed by atoms with Crippen LogP contribution in [0.3, 0.4) is 0 Å². The Morgan fingerprint density at radius 2 is 1.86 bits per heavy atom. The topological polar surface area (TPSA) is 60.5 Å². The number of carbonyl (C=O) groups is 1. The second-order valence-electron chi connectivity index (χ2n) is 6.87. The first-order valence-corrected chi connectivity index (χ1v) is 10.4. The largest absolute Gasteiger partial charge is 0.496 e. The first-order valence-electron chi connectivity index (χ1n) is 9.58. The number of thiazole rings is 1. The van der Waals surface area contributed by atoms with Crippen molar-refractivity contribution in [3.8, 4) is 22.8 Å². The van der Waals surface area contributed by atoms with Crippen LogP contribution < -0.4 is 14.8 Å². The van der Waals surface area contributed by atoms with Gasteiger partial charge in [0, 0.05) is 16.9 Å². The Labute approximate surface area is 175 Å². The van der Waals surface area contributed by atoms with Crippen molar-refractivity contribution in [2.45, 2.75) is 33.6 Å². The zero-order valence-electron chi connectivity index (χ0n) is 17.2. The maximum atomic E-state index is 12.3. The van der Waals surface area contributed by atoms with Crippen LogP contribution in [0.15, 0.2) is 42.5 Å². The number of carbonyl (C=O) groups excluding carboxylic acids is 1. The van der Waals surface area contributed by atoms with Crippen molar-refractivity contribution < 1.29 is 14.3 Å². The van der Waals surface area contributed by atoms with E-state index in [4.69, 9.17) is 9.47 Å². The van der Waals surface area contributed by atoms with Crippen molar-refractivity contribution in [2.24, 2.45) is 0 Å².